The summed E-state index contributed by atoms with van der Waals surface area (Å²) in [7, 11) is 0. The molecule has 0 saturated heterocycles. The highest BCUT2D eigenvalue weighted by atomic mass is 79.9. The largest absolute Gasteiger partial charge is 0.349 e. The molecule has 1 atom stereocenters. The van der Waals surface area contributed by atoms with Gasteiger partial charge in [-0.05, 0) is 49.6 Å². The Morgan fingerprint density at radius 2 is 2.00 bits per heavy atom. The summed E-state index contributed by atoms with van der Waals surface area (Å²) in [6, 6.07) is 13.5. The second kappa shape index (κ2) is 7.10. The molecule has 0 aromatic heterocycles. The molecule has 21 heavy (non-hydrogen) atoms. The van der Waals surface area contributed by atoms with E-state index in [1.807, 2.05) is 19.1 Å². The molecule has 2 rings (SSSR count). The molecule has 2 aromatic rings. The van der Waals surface area contributed by atoms with Gasteiger partial charge >= 0.3 is 0 Å². The van der Waals surface area contributed by atoms with Gasteiger partial charge in [-0.3, -0.25) is 4.79 Å². The third-order valence-electron chi connectivity index (χ3n) is 3.29. The maximum atomic E-state index is 12.2. The number of halogens is 2. The van der Waals surface area contributed by atoms with E-state index in [4.69, 9.17) is 11.6 Å². The van der Waals surface area contributed by atoms with Gasteiger partial charge in [-0.2, -0.15) is 0 Å². The van der Waals surface area contributed by atoms with Crippen LogP contribution in [-0.2, 0) is 6.42 Å². The van der Waals surface area contributed by atoms with Crippen molar-refractivity contribution in [2.24, 2.45) is 0 Å². The van der Waals surface area contributed by atoms with Crippen LogP contribution in [0.1, 0.15) is 28.4 Å². The highest BCUT2D eigenvalue weighted by Crippen LogP contribution is 2.19. The van der Waals surface area contributed by atoms with Gasteiger partial charge in [-0.1, -0.05) is 51.8 Å². The minimum absolute atomic E-state index is 0.0522. The van der Waals surface area contributed by atoms with E-state index in [0.29, 0.717) is 10.6 Å². The van der Waals surface area contributed by atoms with Gasteiger partial charge in [0.15, 0.2) is 0 Å². The van der Waals surface area contributed by atoms with Crippen LogP contribution < -0.4 is 5.32 Å². The Balaban J connectivity index is 2.04. The summed E-state index contributed by atoms with van der Waals surface area (Å²) >= 11 is 9.32. The first kappa shape index (κ1) is 16.1. The van der Waals surface area contributed by atoms with Crippen molar-refractivity contribution in [1.82, 2.24) is 5.32 Å². The summed E-state index contributed by atoms with van der Waals surface area (Å²) in [6.07, 6.45) is 0.806. The van der Waals surface area contributed by atoms with Crippen LogP contribution in [0.2, 0.25) is 5.02 Å². The maximum absolute atomic E-state index is 12.2. The van der Waals surface area contributed by atoms with Crippen molar-refractivity contribution in [2.75, 3.05) is 0 Å². The summed E-state index contributed by atoms with van der Waals surface area (Å²) in [4.78, 5) is 12.2. The number of rotatable bonds is 4. The monoisotopic (exact) mass is 365 g/mol. The van der Waals surface area contributed by atoms with Gasteiger partial charge in [0.1, 0.15) is 0 Å². The van der Waals surface area contributed by atoms with Gasteiger partial charge < -0.3 is 5.32 Å². The van der Waals surface area contributed by atoms with Gasteiger partial charge in [0, 0.05) is 21.1 Å². The molecule has 0 aliphatic heterocycles. The summed E-state index contributed by atoms with van der Waals surface area (Å²) in [6.45, 7) is 4.09. The molecule has 0 radical (unpaired) electrons. The molecule has 0 heterocycles. The molecule has 2 aromatic carbocycles. The summed E-state index contributed by atoms with van der Waals surface area (Å²) < 4.78 is 0.798. The van der Waals surface area contributed by atoms with Crippen LogP contribution in [0, 0.1) is 6.92 Å². The summed E-state index contributed by atoms with van der Waals surface area (Å²) in [5.41, 5.74) is 3.05. The molecule has 0 bridgehead atoms. The van der Waals surface area contributed by atoms with Crippen molar-refractivity contribution < 1.29 is 4.79 Å². The Labute approximate surface area is 138 Å². The molecule has 0 spiro atoms. The molecule has 1 amide bonds. The summed E-state index contributed by atoms with van der Waals surface area (Å²) in [5.74, 6) is -0.112. The topological polar surface area (TPSA) is 29.1 Å². The van der Waals surface area contributed by atoms with E-state index in [1.54, 1.807) is 18.2 Å². The van der Waals surface area contributed by atoms with E-state index in [0.717, 1.165) is 10.9 Å². The fourth-order valence-corrected chi connectivity index (χ4v) is 3.07. The average molecular weight is 367 g/mol. The Morgan fingerprint density at radius 1 is 1.29 bits per heavy atom. The van der Waals surface area contributed by atoms with Crippen LogP contribution >= 0.6 is 27.5 Å². The normalized spacial score (nSPS) is 12.0. The number of carbonyl (C=O) groups excluding carboxylic acids is 1. The van der Waals surface area contributed by atoms with Crippen molar-refractivity contribution in [3.63, 3.8) is 0 Å². The lowest BCUT2D eigenvalue weighted by Gasteiger charge is -2.15. The number of hydrogen-bond donors (Lipinski definition) is 1. The van der Waals surface area contributed by atoms with Crippen molar-refractivity contribution in [3.05, 3.63) is 68.7 Å². The second-order valence-corrected chi connectivity index (χ2v) is 6.52. The first-order valence-electron chi connectivity index (χ1n) is 6.77. The van der Waals surface area contributed by atoms with E-state index in [2.05, 4.69) is 40.3 Å². The van der Waals surface area contributed by atoms with Gasteiger partial charge in [0.2, 0.25) is 0 Å². The van der Waals surface area contributed by atoms with Crippen molar-refractivity contribution in [3.8, 4) is 0 Å². The Hall–Kier alpha value is -1.32. The molecule has 4 heteroatoms. The van der Waals surface area contributed by atoms with Crippen LogP contribution in [0.25, 0.3) is 0 Å². The number of benzene rings is 2. The van der Waals surface area contributed by atoms with Crippen LogP contribution in [0.3, 0.4) is 0 Å². The number of aryl methyl sites for hydroxylation is 1. The second-order valence-electron chi connectivity index (χ2n) is 5.16. The standard InChI is InChI=1S/C17H17BrClNO/c1-11-5-3-4-6-13(11)7-12(2)20-17(21)14-8-15(18)10-16(19)9-14/h3-6,8-10,12H,7H2,1-2H3,(H,20,21). The predicted octanol–water partition coefficient (Wildman–Crippen LogP) is 4.77. The highest BCUT2D eigenvalue weighted by Gasteiger charge is 2.12. The number of nitrogens with one attached hydrogen (secondary N) is 1. The smallest absolute Gasteiger partial charge is 0.251 e. The van der Waals surface area contributed by atoms with Gasteiger partial charge in [-0.25, -0.2) is 0 Å². The van der Waals surface area contributed by atoms with Crippen LogP contribution in [0.15, 0.2) is 46.9 Å². The van der Waals surface area contributed by atoms with E-state index in [9.17, 15) is 4.79 Å². The fourth-order valence-electron chi connectivity index (χ4n) is 2.21. The van der Waals surface area contributed by atoms with Crippen molar-refractivity contribution >= 4 is 33.4 Å². The van der Waals surface area contributed by atoms with Crippen molar-refractivity contribution in [1.29, 1.82) is 0 Å². The lowest BCUT2D eigenvalue weighted by molar-refractivity contribution is 0.0940. The van der Waals surface area contributed by atoms with Gasteiger partial charge in [-0.15, -0.1) is 0 Å². The molecule has 0 saturated carbocycles. The first-order valence-corrected chi connectivity index (χ1v) is 7.94. The van der Waals surface area contributed by atoms with E-state index in [1.165, 1.54) is 11.1 Å². The third kappa shape index (κ3) is 4.58. The minimum atomic E-state index is -0.112. The lowest BCUT2D eigenvalue weighted by atomic mass is 10.0. The average Bonchev–Trinajstić information content (AvgIpc) is 2.40. The zero-order chi connectivity index (χ0) is 15.4. The van der Waals surface area contributed by atoms with Crippen LogP contribution in [0.5, 0.6) is 0 Å². The molecule has 1 unspecified atom stereocenters. The lowest BCUT2D eigenvalue weighted by Crippen LogP contribution is -2.34. The molecule has 1 N–H and O–H groups in total. The van der Waals surface area contributed by atoms with Crippen LogP contribution in [-0.4, -0.2) is 11.9 Å². The molecule has 0 aliphatic carbocycles. The third-order valence-corrected chi connectivity index (χ3v) is 3.97. The van der Waals surface area contributed by atoms with E-state index in [-0.39, 0.29) is 11.9 Å². The Morgan fingerprint density at radius 3 is 2.67 bits per heavy atom. The molecule has 2 nitrogen and oxygen atoms in total. The molecule has 110 valence electrons. The Kier molecular flexibility index (Phi) is 5.43. The van der Waals surface area contributed by atoms with Gasteiger partial charge in [0.25, 0.3) is 5.91 Å². The van der Waals surface area contributed by atoms with E-state index >= 15 is 0 Å². The molecule has 0 aliphatic rings. The maximum Gasteiger partial charge on any atom is 0.251 e. The van der Waals surface area contributed by atoms with Crippen LogP contribution in [0.4, 0.5) is 0 Å². The zero-order valence-corrected chi connectivity index (χ0v) is 14.3. The highest BCUT2D eigenvalue weighted by molar-refractivity contribution is 9.10. The molecule has 0 fully saturated rings. The Bertz CT molecular complexity index is 637. The summed E-state index contributed by atoms with van der Waals surface area (Å²) in [5, 5.41) is 3.55. The predicted molar refractivity (Wildman–Crippen MR) is 91.0 cm³/mol. The van der Waals surface area contributed by atoms with Crippen molar-refractivity contribution in [2.45, 2.75) is 26.3 Å². The number of amides is 1. The molecular weight excluding hydrogens is 350 g/mol. The number of carbonyl (C=O) groups is 1. The zero-order valence-electron chi connectivity index (χ0n) is 12.0. The molecular formula is C17H17BrClNO. The number of hydrogen-bond acceptors (Lipinski definition) is 1. The van der Waals surface area contributed by atoms with E-state index < -0.39 is 0 Å². The first-order chi connectivity index (χ1) is 9.95. The quantitative estimate of drug-likeness (QED) is 0.829. The van der Waals surface area contributed by atoms with Gasteiger partial charge in [0.05, 0.1) is 0 Å². The SMILES string of the molecule is Cc1ccccc1CC(C)NC(=O)c1cc(Cl)cc(Br)c1. The minimum Gasteiger partial charge on any atom is -0.349 e. The fraction of sp³-hybridized carbons (Fsp3) is 0.235.